The predicted molar refractivity (Wildman–Crippen MR) is 93.4 cm³/mol. The number of hydrogen-bond donors (Lipinski definition) is 0. The SMILES string of the molecule is CCN(CC)CCSc1cc2c(nn1)-c1ccccc1CC2. The highest BCUT2D eigenvalue weighted by Crippen LogP contribution is 2.32. The Morgan fingerprint density at radius 3 is 2.64 bits per heavy atom. The lowest BCUT2D eigenvalue weighted by molar-refractivity contribution is 0.324. The fraction of sp³-hybridized carbons (Fsp3) is 0.444. The third kappa shape index (κ3) is 3.33. The molecule has 0 saturated carbocycles. The summed E-state index contributed by atoms with van der Waals surface area (Å²) in [5, 5.41) is 10.0. The molecule has 0 N–H and O–H groups in total. The first-order valence-electron chi connectivity index (χ1n) is 8.11. The molecule has 22 heavy (non-hydrogen) atoms. The maximum atomic E-state index is 4.51. The van der Waals surface area contributed by atoms with Crippen molar-refractivity contribution in [1.29, 1.82) is 0 Å². The first-order valence-corrected chi connectivity index (χ1v) is 9.10. The lowest BCUT2D eigenvalue weighted by Gasteiger charge is -2.19. The van der Waals surface area contributed by atoms with Crippen molar-refractivity contribution < 1.29 is 0 Å². The second kappa shape index (κ2) is 7.25. The van der Waals surface area contributed by atoms with Crippen molar-refractivity contribution in [2.75, 3.05) is 25.4 Å². The molecule has 3 rings (SSSR count). The van der Waals surface area contributed by atoms with Gasteiger partial charge in [-0.3, -0.25) is 0 Å². The molecule has 0 saturated heterocycles. The van der Waals surface area contributed by atoms with E-state index in [0.29, 0.717) is 0 Å². The van der Waals surface area contributed by atoms with E-state index < -0.39 is 0 Å². The summed E-state index contributed by atoms with van der Waals surface area (Å²) in [6.45, 7) is 7.77. The number of nitrogens with zero attached hydrogens (tertiary/aromatic N) is 3. The average Bonchev–Trinajstić information content (AvgIpc) is 2.58. The molecule has 3 nitrogen and oxygen atoms in total. The van der Waals surface area contributed by atoms with E-state index in [0.717, 1.165) is 48.9 Å². The molecule has 1 aliphatic rings. The monoisotopic (exact) mass is 313 g/mol. The van der Waals surface area contributed by atoms with Crippen LogP contribution in [0.1, 0.15) is 25.0 Å². The number of rotatable bonds is 6. The molecule has 0 aliphatic heterocycles. The van der Waals surface area contributed by atoms with Gasteiger partial charge in [0.15, 0.2) is 0 Å². The molecule has 4 heteroatoms. The second-order valence-corrected chi connectivity index (χ2v) is 6.70. The number of benzene rings is 1. The van der Waals surface area contributed by atoms with Gasteiger partial charge >= 0.3 is 0 Å². The summed E-state index contributed by atoms with van der Waals surface area (Å²) in [6, 6.07) is 10.8. The van der Waals surface area contributed by atoms with E-state index >= 15 is 0 Å². The Hall–Kier alpha value is -1.39. The van der Waals surface area contributed by atoms with E-state index in [4.69, 9.17) is 0 Å². The number of aryl methyl sites for hydroxylation is 2. The molecule has 0 fully saturated rings. The molecule has 1 aromatic carbocycles. The van der Waals surface area contributed by atoms with Gasteiger partial charge in [0.05, 0.1) is 5.69 Å². The smallest absolute Gasteiger partial charge is 0.119 e. The minimum Gasteiger partial charge on any atom is -0.303 e. The highest BCUT2D eigenvalue weighted by Gasteiger charge is 2.18. The van der Waals surface area contributed by atoms with Gasteiger partial charge in [0.2, 0.25) is 0 Å². The van der Waals surface area contributed by atoms with Gasteiger partial charge in [0.1, 0.15) is 5.03 Å². The molecule has 0 amide bonds. The molecule has 1 aliphatic carbocycles. The molecule has 116 valence electrons. The molecule has 1 aromatic heterocycles. The van der Waals surface area contributed by atoms with Crippen molar-refractivity contribution in [3.8, 4) is 11.3 Å². The van der Waals surface area contributed by atoms with Gasteiger partial charge in [-0.05, 0) is 43.1 Å². The van der Waals surface area contributed by atoms with E-state index in [9.17, 15) is 0 Å². The van der Waals surface area contributed by atoms with Crippen LogP contribution in [0.2, 0.25) is 0 Å². The third-order valence-corrected chi connectivity index (χ3v) is 5.22. The van der Waals surface area contributed by atoms with Gasteiger partial charge in [-0.2, -0.15) is 0 Å². The van der Waals surface area contributed by atoms with Crippen LogP contribution in [-0.2, 0) is 12.8 Å². The van der Waals surface area contributed by atoms with Crippen LogP contribution in [-0.4, -0.2) is 40.5 Å². The minimum atomic E-state index is 1.06. The van der Waals surface area contributed by atoms with Crippen molar-refractivity contribution in [3.05, 3.63) is 41.5 Å². The molecule has 2 aromatic rings. The van der Waals surface area contributed by atoms with Crippen LogP contribution in [0.4, 0.5) is 0 Å². The van der Waals surface area contributed by atoms with Crippen LogP contribution in [0.25, 0.3) is 11.3 Å². The lowest BCUT2D eigenvalue weighted by atomic mass is 9.90. The Labute approximate surface area is 137 Å². The standard InChI is InChI=1S/C18H23N3S/c1-3-21(4-2)11-12-22-17-13-15-10-9-14-7-5-6-8-16(14)18(15)20-19-17/h5-8,13H,3-4,9-12H2,1-2H3. The molecular formula is C18H23N3S. The van der Waals surface area contributed by atoms with Crippen molar-refractivity contribution in [2.24, 2.45) is 0 Å². The fourth-order valence-corrected chi connectivity index (χ4v) is 3.84. The molecular weight excluding hydrogens is 290 g/mol. The zero-order valence-corrected chi connectivity index (χ0v) is 14.2. The van der Waals surface area contributed by atoms with E-state index in [-0.39, 0.29) is 0 Å². The van der Waals surface area contributed by atoms with Gasteiger partial charge < -0.3 is 4.90 Å². The van der Waals surface area contributed by atoms with Crippen LogP contribution in [0.3, 0.4) is 0 Å². The Morgan fingerprint density at radius 1 is 1.05 bits per heavy atom. The van der Waals surface area contributed by atoms with Gasteiger partial charge in [0.25, 0.3) is 0 Å². The van der Waals surface area contributed by atoms with E-state index in [1.807, 2.05) is 11.8 Å². The maximum absolute atomic E-state index is 4.51. The van der Waals surface area contributed by atoms with Crippen LogP contribution in [0, 0.1) is 0 Å². The highest BCUT2D eigenvalue weighted by atomic mass is 32.2. The lowest BCUT2D eigenvalue weighted by Crippen LogP contribution is -2.25. The molecule has 0 unspecified atom stereocenters. The zero-order valence-electron chi connectivity index (χ0n) is 13.4. The second-order valence-electron chi connectivity index (χ2n) is 5.59. The van der Waals surface area contributed by atoms with Gasteiger partial charge in [-0.1, -0.05) is 38.1 Å². The van der Waals surface area contributed by atoms with Crippen LogP contribution >= 0.6 is 11.8 Å². The first kappa shape index (κ1) is 15.5. The predicted octanol–water partition coefficient (Wildman–Crippen LogP) is 3.68. The number of thioether (sulfide) groups is 1. The number of aromatic nitrogens is 2. The molecule has 1 heterocycles. The Bertz CT molecular complexity index is 638. The largest absolute Gasteiger partial charge is 0.303 e. The number of hydrogen-bond acceptors (Lipinski definition) is 4. The van der Waals surface area contributed by atoms with E-state index in [1.165, 1.54) is 16.7 Å². The fourth-order valence-electron chi connectivity index (χ4n) is 2.96. The summed E-state index contributed by atoms with van der Waals surface area (Å²) in [6.07, 6.45) is 2.18. The van der Waals surface area contributed by atoms with Gasteiger partial charge in [-0.25, -0.2) is 0 Å². The summed E-state index contributed by atoms with van der Waals surface area (Å²) in [7, 11) is 0. The highest BCUT2D eigenvalue weighted by molar-refractivity contribution is 7.99. The summed E-state index contributed by atoms with van der Waals surface area (Å²) in [5.74, 6) is 1.08. The summed E-state index contributed by atoms with van der Waals surface area (Å²) >= 11 is 1.82. The van der Waals surface area contributed by atoms with Crippen molar-refractivity contribution in [3.63, 3.8) is 0 Å². The third-order valence-electron chi connectivity index (χ3n) is 4.34. The quantitative estimate of drug-likeness (QED) is 0.761. The Morgan fingerprint density at radius 2 is 1.82 bits per heavy atom. The minimum absolute atomic E-state index is 1.06. The number of fused-ring (bicyclic) bond motifs is 3. The normalized spacial score (nSPS) is 13.0. The van der Waals surface area contributed by atoms with Crippen molar-refractivity contribution in [2.45, 2.75) is 31.7 Å². The molecule has 0 spiro atoms. The van der Waals surface area contributed by atoms with E-state index in [1.54, 1.807) is 0 Å². The average molecular weight is 313 g/mol. The summed E-state index contributed by atoms with van der Waals surface area (Å²) < 4.78 is 0. The summed E-state index contributed by atoms with van der Waals surface area (Å²) in [5.41, 5.74) is 5.08. The maximum Gasteiger partial charge on any atom is 0.119 e. The first-order chi connectivity index (χ1) is 10.8. The van der Waals surface area contributed by atoms with Crippen molar-refractivity contribution in [1.82, 2.24) is 15.1 Å². The Balaban J connectivity index is 1.70. The van der Waals surface area contributed by atoms with Crippen LogP contribution in [0.15, 0.2) is 35.4 Å². The Kier molecular flexibility index (Phi) is 5.11. The van der Waals surface area contributed by atoms with Gasteiger partial charge in [0, 0.05) is 17.9 Å². The molecule has 0 radical (unpaired) electrons. The summed E-state index contributed by atoms with van der Waals surface area (Å²) in [4.78, 5) is 2.44. The molecule has 0 bridgehead atoms. The molecule has 0 atom stereocenters. The van der Waals surface area contributed by atoms with Crippen LogP contribution in [0.5, 0.6) is 0 Å². The topological polar surface area (TPSA) is 29.0 Å². The van der Waals surface area contributed by atoms with Gasteiger partial charge in [-0.15, -0.1) is 22.0 Å². The van der Waals surface area contributed by atoms with Crippen LogP contribution < -0.4 is 0 Å². The van der Waals surface area contributed by atoms with E-state index in [2.05, 4.69) is 59.3 Å². The zero-order chi connectivity index (χ0) is 15.4. The van der Waals surface area contributed by atoms with Crippen molar-refractivity contribution >= 4 is 11.8 Å².